The van der Waals surface area contributed by atoms with Crippen molar-refractivity contribution in [2.45, 2.75) is 71.4 Å². The Hall–Kier alpha value is -0.810. The Kier molecular flexibility index (Phi) is 11.1. The summed E-state index contributed by atoms with van der Waals surface area (Å²) in [6.07, 6.45) is 7.20. The lowest BCUT2D eigenvalue weighted by Crippen LogP contribution is -2.42. The topological polar surface area (TPSA) is 54.9 Å². The molecule has 1 unspecified atom stereocenters. The molecule has 0 amide bonds. The van der Waals surface area contributed by atoms with E-state index in [1.54, 1.807) is 0 Å². The van der Waals surface area contributed by atoms with Gasteiger partial charge in [0.05, 0.1) is 6.10 Å². The van der Waals surface area contributed by atoms with Gasteiger partial charge in [0, 0.05) is 39.5 Å². The van der Waals surface area contributed by atoms with E-state index in [1.807, 2.05) is 7.05 Å². The summed E-state index contributed by atoms with van der Waals surface area (Å²) in [5.41, 5.74) is 0. The molecule has 0 spiro atoms. The van der Waals surface area contributed by atoms with E-state index < -0.39 is 0 Å². The van der Waals surface area contributed by atoms with Crippen LogP contribution < -0.4 is 10.6 Å². The second kappa shape index (κ2) is 12.6. The van der Waals surface area contributed by atoms with Gasteiger partial charge in [-0.2, -0.15) is 0 Å². The van der Waals surface area contributed by atoms with Crippen LogP contribution in [0.5, 0.6) is 0 Å². The number of aliphatic imine (C=N–C) groups is 1. The van der Waals surface area contributed by atoms with Crippen LogP contribution in [0.4, 0.5) is 0 Å². The second-order valence-electron chi connectivity index (χ2n) is 6.91. The quantitative estimate of drug-likeness (QED) is 0.368. The zero-order valence-corrected chi connectivity index (χ0v) is 15.6. The van der Waals surface area contributed by atoms with E-state index in [0.717, 1.165) is 57.5 Å². The van der Waals surface area contributed by atoms with E-state index in [2.05, 4.69) is 36.4 Å². The Morgan fingerprint density at radius 2 is 1.91 bits per heavy atom. The van der Waals surface area contributed by atoms with Crippen molar-refractivity contribution in [2.75, 3.05) is 33.4 Å². The van der Waals surface area contributed by atoms with Gasteiger partial charge in [-0.1, -0.05) is 26.7 Å². The van der Waals surface area contributed by atoms with E-state index in [1.165, 1.54) is 19.3 Å². The Morgan fingerprint density at radius 3 is 2.57 bits per heavy atom. The first-order valence-electron chi connectivity index (χ1n) is 9.28. The molecule has 23 heavy (non-hydrogen) atoms. The number of hydrogen-bond donors (Lipinski definition) is 2. The summed E-state index contributed by atoms with van der Waals surface area (Å²) in [7, 11) is 1.83. The minimum atomic E-state index is 0.391. The summed E-state index contributed by atoms with van der Waals surface area (Å²) in [6.45, 7) is 10.2. The normalized spacial score (nSPS) is 18.2. The van der Waals surface area contributed by atoms with Crippen molar-refractivity contribution in [2.24, 2.45) is 10.9 Å². The summed E-state index contributed by atoms with van der Waals surface area (Å²) in [5, 5.41) is 6.83. The molecule has 5 heteroatoms. The molecule has 0 radical (unpaired) electrons. The van der Waals surface area contributed by atoms with Crippen molar-refractivity contribution in [3.63, 3.8) is 0 Å². The lowest BCUT2D eigenvalue weighted by Gasteiger charge is -2.22. The predicted octanol–water partition coefficient (Wildman–Crippen LogP) is 2.95. The average Bonchev–Trinajstić information content (AvgIpc) is 2.54. The molecule has 2 N–H and O–H groups in total. The fourth-order valence-corrected chi connectivity index (χ4v) is 2.70. The van der Waals surface area contributed by atoms with Crippen molar-refractivity contribution in [3.05, 3.63) is 0 Å². The van der Waals surface area contributed by atoms with Crippen molar-refractivity contribution >= 4 is 5.96 Å². The number of nitrogens with one attached hydrogen (secondary N) is 2. The van der Waals surface area contributed by atoms with Crippen LogP contribution in [-0.2, 0) is 9.47 Å². The molecule has 0 aromatic carbocycles. The summed E-state index contributed by atoms with van der Waals surface area (Å²) in [5.74, 6) is 1.68. The van der Waals surface area contributed by atoms with Crippen LogP contribution in [0.2, 0.25) is 0 Å². The van der Waals surface area contributed by atoms with E-state index in [9.17, 15) is 0 Å². The molecule has 0 saturated carbocycles. The summed E-state index contributed by atoms with van der Waals surface area (Å²) in [6, 6.07) is 0.457. The number of guanidine groups is 1. The minimum Gasteiger partial charge on any atom is -0.381 e. The van der Waals surface area contributed by atoms with Crippen LogP contribution in [-0.4, -0.2) is 51.5 Å². The van der Waals surface area contributed by atoms with Crippen molar-refractivity contribution in [1.82, 2.24) is 10.6 Å². The summed E-state index contributed by atoms with van der Waals surface area (Å²) in [4.78, 5) is 4.30. The third-order valence-corrected chi connectivity index (χ3v) is 4.16. The Balaban J connectivity index is 2.04. The fourth-order valence-electron chi connectivity index (χ4n) is 2.70. The highest BCUT2D eigenvalue weighted by Gasteiger charge is 2.13. The number of rotatable bonds is 10. The van der Waals surface area contributed by atoms with Gasteiger partial charge in [0.2, 0.25) is 0 Å². The van der Waals surface area contributed by atoms with E-state index in [4.69, 9.17) is 9.47 Å². The average molecular weight is 328 g/mol. The van der Waals surface area contributed by atoms with E-state index >= 15 is 0 Å². The van der Waals surface area contributed by atoms with Gasteiger partial charge in [-0.05, 0) is 38.5 Å². The first-order valence-corrected chi connectivity index (χ1v) is 9.28. The van der Waals surface area contributed by atoms with Gasteiger partial charge < -0.3 is 20.1 Å². The SMILES string of the molecule is CN=C(NCCCOC1CCOCC1)NC(C)CCCC(C)C. The van der Waals surface area contributed by atoms with Crippen LogP contribution in [0.15, 0.2) is 4.99 Å². The molecule has 1 aliphatic heterocycles. The van der Waals surface area contributed by atoms with Gasteiger partial charge in [0.15, 0.2) is 5.96 Å². The molecule has 5 nitrogen and oxygen atoms in total. The van der Waals surface area contributed by atoms with Gasteiger partial charge in [-0.25, -0.2) is 0 Å². The van der Waals surface area contributed by atoms with Crippen LogP contribution in [0.3, 0.4) is 0 Å². The highest BCUT2D eigenvalue weighted by atomic mass is 16.5. The van der Waals surface area contributed by atoms with Gasteiger partial charge in [0.1, 0.15) is 0 Å². The summed E-state index contributed by atoms with van der Waals surface area (Å²) >= 11 is 0. The fraction of sp³-hybridized carbons (Fsp3) is 0.944. The third kappa shape index (κ3) is 10.6. The monoisotopic (exact) mass is 327 g/mol. The number of nitrogens with zero attached hydrogens (tertiary/aromatic N) is 1. The van der Waals surface area contributed by atoms with Crippen LogP contribution in [0.25, 0.3) is 0 Å². The maximum Gasteiger partial charge on any atom is 0.191 e. The lowest BCUT2D eigenvalue weighted by atomic mass is 10.0. The molecular formula is C18H37N3O2. The van der Waals surface area contributed by atoms with Crippen molar-refractivity contribution in [3.8, 4) is 0 Å². The summed E-state index contributed by atoms with van der Waals surface area (Å²) < 4.78 is 11.2. The van der Waals surface area contributed by atoms with Crippen molar-refractivity contribution < 1.29 is 9.47 Å². The van der Waals surface area contributed by atoms with Gasteiger partial charge in [-0.15, -0.1) is 0 Å². The number of ether oxygens (including phenoxy) is 2. The molecule has 0 aromatic rings. The lowest BCUT2D eigenvalue weighted by molar-refractivity contribution is -0.0320. The maximum absolute atomic E-state index is 5.87. The molecule has 0 aliphatic carbocycles. The molecule has 1 fully saturated rings. The standard InChI is InChI=1S/C18H37N3O2/c1-15(2)7-5-8-16(3)21-18(19-4)20-11-6-12-23-17-9-13-22-14-10-17/h15-17H,5-14H2,1-4H3,(H2,19,20,21). The van der Waals surface area contributed by atoms with Gasteiger partial charge >= 0.3 is 0 Å². The second-order valence-corrected chi connectivity index (χ2v) is 6.91. The largest absolute Gasteiger partial charge is 0.381 e. The number of hydrogen-bond acceptors (Lipinski definition) is 3. The van der Waals surface area contributed by atoms with Crippen LogP contribution in [0.1, 0.15) is 59.3 Å². The Labute approximate surface area is 142 Å². The smallest absolute Gasteiger partial charge is 0.191 e. The molecule has 1 heterocycles. The minimum absolute atomic E-state index is 0.391. The van der Waals surface area contributed by atoms with Gasteiger partial charge in [0.25, 0.3) is 0 Å². The molecule has 0 bridgehead atoms. The maximum atomic E-state index is 5.87. The zero-order valence-electron chi connectivity index (χ0n) is 15.6. The first kappa shape index (κ1) is 20.2. The van der Waals surface area contributed by atoms with Crippen LogP contribution in [0, 0.1) is 5.92 Å². The molecule has 1 saturated heterocycles. The molecule has 1 atom stereocenters. The van der Waals surface area contributed by atoms with E-state index in [0.29, 0.717) is 12.1 Å². The first-order chi connectivity index (χ1) is 11.1. The molecule has 1 aliphatic rings. The molecule has 0 aromatic heterocycles. The zero-order chi connectivity index (χ0) is 16.9. The Bertz CT molecular complexity index is 315. The highest BCUT2D eigenvalue weighted by molar-refractivity contribution is 5.79. The molecular weight excluding hydrogens is 290 g/mol. The van der Waals surface area contributed by atoms with Crippen molar-refractivity contribution in [1.29, 1.82) is 0 Å². The Morgan fingerprint density at radius 1 is 1.17 bits per heavy atom. The van der Waals surface area contributed by atoms with E-state index in [-0.39, 0.29) is 0 Å². The van der Waals surface area contributed by atoms with Gasteiger partial charge in [-0.3, -0.25) is 4.99 Å². The molecule has 1 rings (SSSR count). The third-order valence-electron chi connectivity index (χ3n) is 4.16. The highest BCUT2D eigenvalue weighted by Crippen LogP contribution is 2.10. The molecule has 136 valence electrons. The predicted molar refractivity (Wildman–Crippen MR) is 97.1 cm³/mol. The van der Waals surface area contributed by atoms with Crippen LogP contribution >= 0.6 is 0 Å².